The summed E-state index contributed by atoms with van der Waals surface area (Å²) in [5.41, 5.74) is 0.663. The Morgan fingerprint density at radius 3 is 2.77 bits per heavy atom. The molecule has 4 aliphatic carbocycles. The lowest BCUT2D eigenvalue weighted by atomic mass is 9.49. The van der Waals surface area contributed by atoms with Gasteiger partial charge in [0.05, 0.1) is 18.3 Å². The first-order valence-corrected chi connectivity index (χ1v) is 13.7. The molecule has 4 aliphatic rings. The van der Waals surface area contributed by atoms with Crippen molar-refractivity contribution in [3.8, 4) is 6.07 Å². The number of thioether (sulfide) groups is 1. The van der Waals surface area contributed by atoms with Gasteiger partial charge in [-0.25, -0.2) is 0 Å². The number of carbonyl (C=O) groups is 1. The number of rotatable bonds is 4. The first-order valence-electron chi connectivity index (χ1n) is 12.4. The molecule has 0 aromatic carbocycles. The summed E-state index contributed by atoms with van der Waals surface area (Å²) in [6, 6.07) is 2.12. The zero-order valence-electron chi connectivity index (χ0n) is 19.3. The fraction of sp³-hybridized carbons (Fsp3) is 0.808. The van der Waals surface area contributed by atoms with Crippen LogP contribution in [0.2, 0.25) is 0 Å². The van der Waals surface area contributed by atoms with Gasteiger partial charge in [-0.2, -0.15) is 22.1 Å². The number of ketones is 1. The molecule has 1 heterocycles. The fourth-order valence-corrected chi connectivity index (χ4v) is 9.83. The van der Waals surface area contributed by atoms with Gasteiger partial charge in [-0.3, -0.25) is 9.48 Å². The highest BCUT2D eigenvalue weighted by atomic mass is 32.2. The molecule has 2 unspecified atom stereocenters. The highest BCUT2D eigenvalue weighted by Gasteiger charge is 2.61. The van der Waals surface area contributed by atoms with Crippen LogP contribution in [-0.4, -0.2) is 27.1 Å². The summed E-state index contributed by atoms with van der Waals surface area (Å²) >= 11 is 2.02. The van der Waals surface area contributed by atoms with E-state index in [1.165, 1.54) is 44.9 Å². The Kier molecular flexibility index (Phi) is 5.74. The molecule has 9 atom stereocenters. The van der Waals surface area contributed by atoms with Crippen LogP contribution in [0, 0.1) is 58.2 Å². The van der Waals surface area contributed by atoms with Crippen LogP contribution in [0.3, 0.4) is 0 Å². The van der Waals surface area contributed by atoms with Crippen LogP contribution in [0.25, 0.3) is 0 Å². The van der Waals surface area contributed by atoms with Gasteiger partial charge >= 0.3 is 0 Å². The molecule has 0 saturated heterocycles. The minimum Gasteiger partial charge on any atom is -0.297 e. The van der Waals surface area contributed by atoms with E-state index in [1.807, 2.05) is 11.8 Å². The Morgan fingerprint density at radius 1 is 1.23 bits per heavy atom. The second kappa shape index (κ2) is 8.25. The Morgan fingerprint density at radius 2 is 2.03 bits per heavy atom. The smallest absolute Gasteiger partial charge is 0.157 e. The van der Waals surface area contributed by atoms with Gasteiger partial charge in [0.2, 0.25) is 0 Å². The molecule has 0 amide bonds. The Labute approximate surface area is 191 Å². The number of carbonyl (C=O) groups excluding carboxylic acids is 1. The second-order valence-corrected chi connectivity index (χ2v) is 12.5. The zero-order valence-corrected chi connectivity index (χ0v) is 20.1. The Bertz CT molecular complexity index is 874. The van der Waals surface area contributed by atoms with Crippen LogP contribution in [0.1, 0.15) is 70.8 Å². The maximum Gasteiger partial charge on any atom is 0.157 e. The van der Waals surface area contributed by atoms with Crippen molar-refractivity contribution in [3.63, 3.8) is 0 Å². The summed E-state index contributed by atoms with van der Waals surface area (Å²) in [4.78, 5) is 13.5. The van der Waals surface area contributed by atoms with Gasteiger partial charge in [0, 0.05) is 17.4 Å². The molecule has 0 spiro atoms. The lowest BCUT2D eigenvalue weighted by Gasteiger charge is -2.56. The minimum absolute atomic E-state index is 0.131. The van der Waals surface area contributed by atoms with E-state index in [0.29, 0.717) is 29.1 Å². The number of nitrogens with zero attached hydrogens (tertiary/aromatic N) is 3. The zero-order chi connectivity index (χ0) is 21.8. The first-order chi connectivity index (χ1) is 14.9. The van der Waals surface area contributed by atoms with E-state index in [-0.39, 0.29) is 11.3 Å². The number of fused-ring (bicyclic) bond motifs is 5. The van der Waals surface area contributed by atoms with E-state index < -0.39 is 0 Å². The van der Waals surface area contributed by atoms with E-state index in [9.17, 15) is 4.79 Å². The van der Waals surface area contributed by atoms with Crippen molar-refractivity contribution in [1.29, 1.82) is 5.26 Å². The van der Waals surface area contributed by atoms with Crippen molar-refractivity contribution in [1.82, 2.24) is 9.78 Å². The topological polar surface area (TPSA) is 58.7 Å². The van der Waals surface area contributed by atoms with E-state index in [1.54, 1.807) is 17.1 Å². The van der Waals surface area contributed by atoms with E-state index >= 15 is 0 Å². The molecule has 0 radical (unpaired) electrons. The summed E-state index contributed by atoms with van der Waals surface area (Å²) in [6.45, 7) is 5.22. The third-order valence-electron chi connectivity index (χ3n) is 9.95. The maximum atomic E-state index is 13.5. The molecule has 0 N–H and O–H groups in total. The third-order valence-corrected chi connectivity index (χ3v) is 11.0. The molecule has 0 bridgehead atoms. The largest absolute Gasteiger partial charge is 0.297 e. The van der Waals surface area contributed by atoms with Crippen LogP contribution in [0.15, 0.2) is 12.4 Å². The van der Waals surface area contributed by atoms with Crippen molar-refractivity contribution >= 4 is 17.5 Å². The van der Waals surface area contributed by atoms with E-state index in [2.05, 4.69) is 31.3 Å². The predicted molar refractivity (Wildman–Crippen MR) is 124 cm³/mol. The van der Waals surface area contributed by atoms with Crippen LogP contribution in [0.4, 0.5) is 0 Å². The average Bonchev–Trinajstić information content (AvgIpc) is 3.34. The van der Waals surface area contributed by atoms with Crippen molar-refractivity contribution in [2.75, 3.05) is 6.26 Å². The highest BCUT2D eigenvalue weighted by Crippen LogP contribution is 2.66. The summed E-state index contributed by atoms with van der Waals surface area (Å²) in [6.07, 6.45) is 16.3. The molecule has 5 heteroatoms. The molecule has 4 saturated carbocycles. The second-order valence-electron chi connectivity index (χ2n) is 11.4. The number of aromatic nitrogens is 2. The highest BCUT2D eigenvalue weighted by molar-refractivity contribution is 7.99. The normalized spacial score (nSPS) is 44.1. The maximum absolute atomic E-state index is 13.5. The minimum atomic E-state index is 0.131. The molecule has 5 rings (SSSR count). The molecule has 168 valence electrons. The van der Waals surface area contributed by atoms with Gasteiger partial charge in [-0.05, 0) is 92.1 Å². The Balaban J connectivity index is 1.37. The number of hydrogen-bond acceptors (Lipinski definition) is 4. The SMILES string of the molecule is CSC1C[C@H](C(=O)Cn2cc(C#N)cn2)[C@@]2(C)CC[C@@H]3[C@H]4CC[C@H](C)C[C@H]4CC[C@H]3C12. The number of Topliss-reactive ketones (excluding diaryl/α,β-unsaturated/α-hetero) is 1. The van der Waals surface area contributed by atoms with E-state index in [4.69, 9.17) is 5.26 Å². The van der Waals surface area contributed by atoms with Crippen molar-refractivity contribution in [3.05, 3.63) is 18.0 Å². The first kappa shape index (κ1) is 21.6. The van der Waals surface area contributed by atoms with Crippen LogP contribution < -0.4 is 0 Å². The molecule has 1 aromatic rings. The summed E-state index contributed by atoms with van der Waals surface area (Å²) < 4.78 is 1.67. The molecule has 0 aliphatic heterocycles. The standard InChI is InChI=1S/C26H37N3OS/c1-16-4-6-19-18(10-16)5-7-21-20(19)8-9-26(2)22(11-24(31-3)25(21)26)23(30)15-29-14-17(12-27)13-28-29/h13-14,16,18-22,24-25H,4-11,15H2,1-3H3/t16-,18+,19-,20+,21+,22+,24?,25?,26+/m0/s1. The quantitative estimate of drug-likeness (QED) is 0.615. The van der Waals surface area contributed by atoms with Gasteiger partial charge in [0.25, 0.3) is 0 Å². The van der Waals surface area contributed by atoms with E-state index in [0.717, 1.165) is 36.0 Å². The summed E-state index contributed by atoms with van der Waals surface area (Å²) in [5.74, 6) is 5.70. The van der Waals surface area contributed by atoms with Gasteiger partial charge < -0.3 is 0 Å². The third kappa shape index (κ3) is 3.58. The summed E-state index contributed by atoms with van der Waals surface area (Å²) in [5, 5.41) is 13.9. The van der Waals surface area contributed by atoms with Crippen LogP contribution in [-0.2, 0) is 11.3 Å². The molecule has 1 aromatic heterocycles. The van der Waals surface area contributed by atoms with Gasteiger partial charge in [0.1, 0.15) is 6.07 Å². The lowest BCUT2D eigenvalue weighted by Crippen LogP contribution is -2.51. The van der Waals surface area contributed by atoms with Crippen molar-refractivity contribution < 1.29 is 4.79 Å². The number of hydrogen-bond donors (Lipinski definition) is 0. The Hall–Kier alpha value is -1.28. The molecule has 4 fully saturated rings. The lowest BCUT2D eigenvalue weighted by molar-refractivity contribution is -0.131. The van der Waals surface area contributed by atoms with Gasteiger partial charge in [-0.1, -0.05) is 20.3 Å². The number of nitriles is 1. The molecular weight excluding hydrogens is 402 g/mol. The average molecular weight is 440 g/mol. The van der Waals surface area contributed by atoms with Gasteiger partial charge in [0.15, 0.2) is 5.78 Å². The van der Waals surface area contributed by atoms with Crippen molar-refractivity contribution in [2.45, 2.75) is 77.0 Å². The van der Waals surface area contributed by atoms with Crippen molar-refractivity contribution in [2.24, 2.45) is 46.8 Å². The predicted octanol–water partition coefficient (Wildman–Crippen LogP) is 5.57. The summed E-state index contributed by atoms with van der Waals surface area (Å²) in [7, 11) is 0. The molecular formula is C26H37N3OS. The monoisotopic (exact) mass is 439 g/mol. The van der Waals surface area contributed by atoms with Gasteiger partial charge in [-0.15, -0.1) is 0 Å². The van der Waals surface area contributed by atoms with Crippen LogP contribution >= 0.6 is 11.8 Å². The molecule has 31 heavy (non-hydrogen) atoms. The molecule has 4 nitrogen and oxygen atoms in total. The fourth-order valence-electron chi connectivity index (χ4n) is 8.64. The van der Waals surface area contributed by atoms with Crippen LogP contribution in [0.5, 0.6) is 0 Å².